The van der Waals surface area contributed by atoms with Gasteiger partial charge in [-0.3, -0.25) is 9.59 Å². The maximum atomic E-state index is 11.8. The number of benzene rings is 1. The van der Waals surface area contributed by atoms with E-state index in [0.29, 0.717) is 5.69 Å². The average molecular weight is 263 g/mol. The summed E-state index contributed by atoms with van der Waals surface area (Å²) in [6.45, 7) is 3.85. The zero-order chi connectivity index (χ0) is 14.5. The summed E-state index contributed by atoms with van der Waals surface area (Å²) in [5, 5.41) is 5.34. The van der Waals surface area contributed by atoms with Crippen molar-refractivity contribution in [3.05, 3.63) is 29.8 Å². The van der Waals surface area contributed by atoms with Crippen molar-refractivity contribution in [1.82, 2.24) is 10.6 Å². The molecule has 0 bridgehead atoms. The number of hydrogen-bond acceptors (Lipinski definition) is 3. The van der Waals surface area contributed by atoms with E-state index in [4.69, 9.17) is 5.73 Å². The number of nitrogens with one attached hydrogen (secondary N) is 2. The molecule has 0 saturated heterocycles. The lowest BCUT2D eigenvalue weighted by molar-refractivity contribution is -0.129. The van der Waals surface area contributed by atoms with E-state index in [1.54, 1.807) is 27.0 Å². The summed E-state index contributed by atoms with van der Waals surface area (Å²) < 4.78 is 0. The van der Waals surface area contributed by atoms with Crippen LogP contribution in [-0.4, -0.2) is 25.4 Å². The number of anilines is 1. The van der Waals surface area contributed by atoms with Gasteiger partial charge in [-0.05, 0) is 25.5 Å². The molecule has 0 saturated carbocycles. The molecule has 0 aliphatic carbocycles. The zero-order valence-corrected chi connectivity index (χ0v) is 11.6. The molecule has 5 nitrogen and oxygen atoms in total. The van der Waals surface area contributed by atoms with E-state index in [2.05, 4.69) is 10.6 Å². The van der Waals surface area contributed by atoms with E-state index >= 15 is 0 Å². The number of carbonyl (C=O) groups excluding carboxylic acids is 2. The van der Waals surface area contributed by atoms with Crippen molar-refractivity contribution in [2.75, 3.05) is 19.3 Å². The van der Waals surface area contributed by atoms with Gasteiger partial charge in [0, 0.05) is 19.3 Å². The van der Waals surface area contributed by atoms with Crippen molar-refractivity contribution in [2.45, 2.75) is 20.3 Å². The molecular weight excluding hydrogens is 242 g/mol. The van der Waals surface area contributed by atoms with E-state index in [0.717, 1.165) is 5.56 Å². The van der Waals surface area contributed by atoms with Crippen LogP contribution in [0, 0.1) is 5.41 Å². The molecule has 5 heteroatoms. The zero-order valence-electron chi connectivity index (χ0n) is 11.6. The molecule has 0 fully saturated rings. The van der Waals surface area contributed by atoms with E-state index in [9.17, 15) is 9.59 Å². The van der Waals surface area contributed by atoms with E-state index in [-0.39, 0.29) is 24.8 Å². The highest BCUT2D eigenvalue weighted by Crippen LogP contribution is 2.14. The summed E-state index contributed by atoms with van der Waals surface area (Å²) >= 11 is 0. The van der Waals surface area contributed by atoms with Gasteiger partial charge in [0.15, 0.2) is 0 Å². The van der Waals surface area contributed by atoms with Crippen molar-refractivity contribution in [2.24, 2.45) is 5.41 Å². The Labute approximate surface area is 113 Å². The fraction of sp³-hybridized carbons (Fsp3) is 0.429. The van der Waals surface area contributed by atoms with Crippen LogP contribution in [0.25, 0.3) is 0 Å². The monoisotopic (exact) mass is 263 g/mol. The number of nitrogen functional groups attached to an aromatic ring is 1. The third-order valence-electron chi connectivity index (χ3n) is 2.98. The summed E-state index contributed by atoms with van der Waals surface area (Å²) in [6, 6.07) is 7.24. The van der Waals surface area contributed by atoms with Crippen molar-refractivity contribution in [3.8, 4) is 0 Å². The lowest BCUT2D eigenvalue weighted by atomic mass is 9.92. The molecule has 0 heterocycles. The maximum Gasteiger partial charge on any atom is 0.227 e. The Kier molecular flexibility index (Phi) is 4.92. The second kappa shape index (κ2) is 6.22. The summed E-state index contributed by atoms with van der Waals surface area (Å²) in [7, 11) is 1.58. The van der Waals surface area contributed by atoms with Gasteiger partial charge in [0.1, 0.15) is 0 Å². The quantitative estimate of drug-likeness (QED) is 0.684. The minimum atomic E-state index is -0.632. The van der Waals surface area contributed by atoms with Gasteiger partial charge in [-0.25, -0.2) is 0 Å². The molecule has 4 N–H and O–H groups in total. The van der Waals surface area contributed by atoms with Crippen LogP contribution in [-0.2, 0) is 16.0 Å². The Bertz CT molecular complexity index is 470. The lowest BCUT2D eigenvalue weighted by Gasteiger charge is -2.22. The number of nitrogens with two attached hydrogens (primary N) is 1. The first kappa shape index (κ1) is 15.0. The standard InChI is InChI=1S/C14H21N3O2/c1-14(2,13(19)16-3)9-17-12(18)8-10-6-4-5-7-11(10)15/h4-7H,8-9,15H2,1-3H3,(H,16,19)(H,17,18). The predicted molar refractivity (Wildman–Crippen MR) is 75.4 cm³/mol. The van der Waals surface area contributed by atoms with E-state index in [1.165, 1.54) is 0 Å². The minimum Gasteiger partial charge on any atom is -0.398 e. The Morgan fingerprint density at radius 1 is 1.26 bits per heavy atom. The van der Waals surface area contributed by atoms with Gasteiger partial charge in [-0.1, -0.05) is 18.2 Å². The van der Waals surface area contributed by atoms with Crippen molar-refractivity contribution < 1.29 is 9.59 Å². The highest BCUT2D eigenvalue weighted by molar-refractivity contribution is 5.84. The maximum absolute atomic E-state index is 11.8. The molecule has 0 atom stereocenters. The van der Waals surface area contributed by atoms with Crippen LogP contribution in [0.4, 0.5) is 5.69 Å². The van der Waals surface area contributed by atoms with Crippen LogP contribution in [0.3, 0.4) is 0 Å². The summed E-state index contributed by atoms with van der Waals surface area (Å²) in [5.74, 6) is -0.248. The molecule has 0 spiro atoms. The first-order valence-electron chi connectivity index (χ1n) is 6.19. The molecule has 1 aromatic carbocycles. The molecule has 1 rings (SSSR count). The normalized spacial score (nSPS) is 10.9. The molecule has 19 heavy (non-hydrogen) atoms. The molecule has 0 aliphatic rings. The molecule has 0 aromatic heterocycles. The smallest absolute Gasteiger partial charge is 0.227 e. The number of para-hydroxylation sites is 1. The molecule has 0 radical (unpaired) electrons. The van der Waals surface area contributed by atoms with Gasteiger partial charge < -0.3 is 16.4 Å². The Morgan fingerprint density at radius 2 is 1.89 bits per heavy atom. The van der Waals surface area contributed by atoms with Gasteiger partial charge >= 0.3 is 0 Å². The van der Waals surface area contributed by atoms with Crippen LogP contribution in [0.15, 0.2) is 24.3 Å². The predicted octanol–water partition coefficient (Wildman–Crippen LogP) is 0.700. The van der Waals surface area contributed by atoms with Crippen LogP contribution in [0.5, 0.6) is 0 Å². The SMILES string of the molecule is CNC(=O)C(C)(C)CNC(=O)Cc1ccccc1N. The van der Waals surface area contributed by atoms with E-state index < -0.39 is 5.41 Å². The highest BCUT2D eigenvalue weighted by Gasteiger charge is 2.26. The van der Waals surface area contributed by atoms with Crippen molar-refractivity contribution in [3.63, 3.8) is 0 Å². The Hall–Kier alpha value is -2.04. The van der Waals surface area contributed by atoms with E-state index in [1.807, 2.05) is 18.2 Å². The summed E-state index contributed by atoms with van der Waals surface area (Å²) in [4.78, 5) is 23.4. The van der Waals surface area contributed by atoms with Gasteiger partial charge in [0.05, 0.1) is 11.8 Å². The third-order valence-corrected chi connectivity index (χ3v) is 2.98. The average Bonchev–Trinajstić information content (AvgIpc) is 2.38. The number of amides is 2. The molecule has 0 unspecified atom stereocenters. The largest absolute Gasteiger partial charge is 0.398 e. The first-order valence-corrected chi connectivity index (χ1v) is 6.19. The topological polar surface area (TPSA) is 84.2 Å². The third kappa shape index (κ3) is 4.28. The summed E-state index contributed by atoms with van der Waals surface area (Å²) in [6.07, 6.45) is 0.219. The van der Waals surface area contributed by atoms with Crippen LogP contribution in [0.2, 0.25) is 0 Å². The number of rotatable bonds is 5. The molecule has 0 aliphatic heterocycles. The minimum absolute atomic E-state index is 0.105. The summed E-state index contributed by atoms with van der Waals surface area (Å²) in [5.41, 5.74) is 6.53. The van der Waals surface area contributed by atoms with Gasteiger partial charge in [0.25, 0.3) is 0 Å². The highest BCUT2D eigenvalue weighted by atomic mass is 16.2. The van der Waals surface area contributed by atoms with Crippen LogP contribution < -0.4 is 16.4 Å². The first-order chi connectivity index (χ1) is 8.86. The molecule has 2 amide bonds. The van der Waals surface area contributed by atoms with Crippen LogP contribution >= 0.6 is 0 Å². The molecular formula is C14H21N3O2. The fourth-order valence-electron chi connectivity index (χ4n) is 1.67. The number of carbonyl (C=O) groups is 2. The van der Waals surface area contributed by atoms with Gasteiger partial charge in [0.2, 0.25) is 11.8 Å². The van der Waals surface area contributed by atoms with Gasteiger partial charge in [-0.15, -0.1) is 0 Å². The second-order valence-corrected chi connectivity index (χ2v) is 5.12. The Morgan fingerprint density at radius 3 is 2.47 bits per heavy atom. The molecule has 104 valence electrons. The molecule has 1 aromatic rings. The fourth-order valence-corrected chi connectivity index (χ4v) is 1.67. The van der Waals surface area contributed by atoms with Crippen molar-refractivity contribution in [1.29, 1.82) is 0 Å². The second-order valence-electron chi connectivity index (χ2n) is 5.12. The number of hydrogen-bond donors (Lipinski definition) is 3. The Balaban J connectivity index is 2.53. The van der Waals surface area contributed by atoms with Crippen LogP contribution in [0.1, 0.15) is 19.4 Å². The van der Waals surface area contributed by atoms with Crippen molar-refractivity contribution >= 4 is 17.5 Å². The van der Waals surface area contributed by atoms with Gasteiger partial charge in [-0.2, -0.15) is 0 Å². The lowest BCUT2D eigenvalue weighted by Crippen LogP contribution is -2.44.